The Kier molecular flexibility index (Phi) is 5.68. The summed E-state index contributed by atoms with van der Waals surface area (Å²) in [6.45, 7) is 3.59. The van der Waals surface area contributed by atoms with Gasteiger partial charge in [-0.25, -0.2) is 0 Å². The number of nitrogens with zero attached hydrogens (tertiary/aromatic N) is 1. The minimum atomic E-state index is -0.0452. The minimum Gasteiger partial charge on any atom is -0.392 e. The van der Waals surface area contributed by atoms with Gasteiger partial charge in [0, 0.05) is 29.6 Å². The van der Waals surface area contributed by atoms with Gasteiger partial charge in [-0.2, -0.15) is 0 Å². The van der Waals surface area contributed by atoms with Crippen LogP contribution in [0, 0.1) is 23.7 Å². The second-order valence-electron chi connectivity index (χ2n) is 9.79. The molecule has 2 aliphatic carbocycles. The van der Waals surface area contributed by atoms with Crippen molar-refractivity contribution in [3.05, 3.63) is 35.5 Å². The van der Waals surface area contributed by atoms with Crippen molar-refractivity contribution < 1.29 is 10.2 Å². The Morgan fingerprint density at radius 3 is 2.66 bits per heavy atom. The van der Waals surface area contributed by atoms with E-state index in [9.17, 15) is 10.2 Å². The fourth-order valence-corrected chi connectivity index (χ4v) is 6.94. The van der Waals surface area contributed by atoms with Crippen molar-refractivity contribution in [3.63, 3.8) is 0 Å². The highest BCUT2D eigenvalue weighted by Crippen LogP contribution is 2.52. The van der Waals surface area contributed by atoms with Crippen molar-refractivity contribution in [2.45, 2.75) is 64.1 Å². The normalized spacial score (nSPS) is 32.4. The molecule has 1 aliphatic heterocycles. The van der Waals surface area contributed by atoms with Crippen LogP contribution < -0.4 is 0 Å². The lowest BCUT2D eigenvalue weighted by atomic mass is 9.75. The number of aromatic amines is 1. The standard InChI is InChI=1S/C25H36N2O2/c28-16-18-7-5-10-23-24(18)17(14-26-23)6-3-4-12-27-13-11-20-19-8-1-2-9-21(19)25(29)22(20)15-27/h5,7,10,14,19-22,25-26,28-29H,1-4,6,8-9,11-13,15-16H2. The number of rotatable bonds is 6. The van der Waals surface area contributed by atoms with Crippen molar-refractivity contribution >= 4 is 10.9 Å². The molecule has 29 heavy (non-hydrogen) atoms. The van der Waals surface area contributed by atoms with Crippen molar-refractivity contribution in [2.75, 3.05) is 19.6 Å². The number of aliphatic hydroxyl groups excluding tert-OH is 2. The van der Waals surface area contributed by atoms with Crippen LogP contribution in [0.25, 0.3) is 10.9 Å². The number of H-pyrrole nitrogens is 1. The van der Waals surface area contributed by atoms with E-state index < -0.39 is 0 Å². The minimum absolute atomic E-state index is 0.0452. The summed E-state index contributed by atoms with van der Waals surface area (Å²) in [5, 5.41) is 21.8. The summed E-state index contributed by atoms with van der Waals surface area (Å²) in [7, 11) is 0. The molecule has 2 saturated carbocycles. The van der Waals surface area contributed by atoms with Crippen LogP contribution in [-0.4, -0.2) is 45.8 Å². The number of fused-ring (bicyclic) bond motifs is 4. The van der Waals surface area contributed by atoms with Gasteiger partial charge in [0.25, 0.3) is 0 Å². The molecule has 1 saturated heterocycles. The molecule has 3 aliphatic rings. The summed E-state index contributed by atoms with van der Waals surface area (Å²) in [6.07, 6.45) is 12.1. The molecule has 5 atom stereocenters. The fraction of sp³-hybridized carbons (Fsp3) is 0.680. The molecule has 158 valence electrons. The van der Waals surface area contributed by atoms with Crippen molar-refractivity contribution in [3.8, 4) is 0 Å². The summed E-state index contributed by atoms with van der Waals surface area (Å²) < 4.78 is 0. The zero-order valence-electron chi connectivity index (χ0n) is 17.5. The van der Waals surface area contributed by atoms with Gasteiger partial charge in [0.05, 0.1) is 12.7 Å². The zero-order valence-corrected chi connectivity index (χ0v) is 17.5. The molecule has 0 spiro atoms. The number of benzene rings is 1. The molecule has 3 N–H and O–H groups in total. The number of aliphatic hydroxyl groups is 2. The van der Waals surface area contributed by atoms with E-state index in [0.29, 0.717) is 11.8 Å². The lowest BCUT2D eigenvalue weighted by Gasteiger charge is -2.38. The number of piperidine rings is 1. The molecule has 4 heteroatoms. The molecule has 1 aromatic carbocycles. The van der Waals surface area contributed by atoms with Gasteiger partial charge < -0.3 is 20.1 Å². The smallest absolute Gasteiger partial charge is 0.0688 e. The second-order valence-corrected chi connectivity index (χ2v) is 9.79. The van der Waals surface area contributed by atoms with Gasteiger partial charge in [0.2, 0.25) is 0 Å². The third kappa shape index (κ3) is 3.64. The van der Waals surface area contributed by atoms with Crippen LogP contribution in [0.4, 0.5) is 0 Å². The largest absolute Gasteiger partial charge is 0.392 e. The highest BCUT2D eigenvalue weighted by molar-refractivity contribution is 5.86. The molecule has 5 rings (SSSR count). The molecule has 3 fully saturated rings. The highest BCUT2D eigenvalue weighted by atomic mass is 16.3. The van der Waals surface area contributed by atoms with Gasteiger partial charge >= 0.3 is 0 Å². The van der Waals surface area contributed by atoms with Gasteiger partial charge in [-0.05, 0) is 86.6 Å². The molecule has 0 radical (unpaired) electrons. The zero-order chi connectivity index (χ0) is 19.8. The first kappa shape index (κ1) is 19.6. The summed E-state index contributed by atoms with van der Waals surface area (Å²) >= 11 is 0. The number of hydrogen-bond acceptors (Lipinski definition) is 3. The molecule has 1 aromatic heterocycles. The van der Waals surface area contributed by atoms with Gasteiger partial charge in [-0.15, -0.1) is 0 Å². The maximum Gasteiger partial charge on any atom is 0.0688 e. The first-order valence-corrected chi connectivity index (χ1v) is 11.9. The predicted octanol–water partition coefficient (Wildman–Crippen LogP) is 4.10. The lowest BCUT2D eigenvalue weighted by Crippen LogP contribution is -2.43. The third-order valence-electron chi connectivity index (χ3n) is 8.31. The average Bonchev–Trinajstić information content (AvgIpc) is 3.31. The molecular formula is C25H36N2O2. The van der Waals surface area contributed by atoms with E-state index >= 15 is 0 Å². The first-order valence-electron chi connectivity index (χ1n) is 11.9. The van der Waals surface area contributed by atoms with E-state index in [1.165, 1.54) is 62.4 Å². The van der Waals surface area contributed by atoms with Crippen molar-refractivity contribution in [2.24, 2.45) is 23.7 Å². The summed E-state index contributed by atoms with van der Waals surface area (Å²) in [5.74, 6) is 2.72. The predicted molar refractivity (Wildman–Crippen MR) is 117 cm³/mol. The number of aryl methyl sites for hydroxylation is 1. The van der Waals surface area contributed by atoms with Gasteiger partial charge in [-0.3, -0.25) is 0 Å². The molecule has 5 unspecified atom stereocenters. The Morgan fingerprint density at radius 2 is 1.79 bits per heavy atom. The van der Waals surface area contributed by atoms with Crippen LogP contribution in [0.2, 0.25) is 0 Å². The van der Waals surface area contributed by atoms with E-state index in [1.807, 2.05) is 12.1 Å². The van der Waals surface area contributed by atoms with Gasteiger partial charge in [-0.1, -0.05) is 25.0 Å². The van der Waals surface area contributed by atoms with E-state index in [2.05, 4.69) is 22.1 Å². The Hall–Kier alpha value is -1.36. The highest BCUT2D eigenvalue weighted by Gasteiger charge is 2.51. The van der Waals surface area contributed by atoms with Crippen LogP contribution >= 0.6 is 0 Å². The SMILES string of the molecule is OCc1cccc2[nH]cc(CCCCN3CCC4C(C3)C(O)C3CCCCC34)c12. The third-order valence-corrected chi connectivity index (χ3v) is 8.31. The summed E-state index contributed by atoms with van der Waals surface area (Å²) in [6, 6.07) is 6.12. The van der Waals surface area contributed by atoms with E-state index in [0.717, 1.165) is 42.4 Å². The number of aromatic nitrogens is 1. The van der Waals surface area contributed by atoms with E-state index in [4.69, 9.17) is 0 Å². The van der Waals surface area contributed by atoms with Crippen LogP contribution in [0.15, 0.2) is 24.4 Å². The van der Waals surface area contributed by atoms with Gasteiger partial charge in [0.1, 0.15) is 0 Å². The van der Waals surface area contributed by atoms with Gasteiger partial charge in [0.15, 0.2) is 0 Å². The summed E-state index contributed by atoms with van der Waals surface area (Å²) in [4.78, 5) is 5.98. The van der Waals surface area contributed by atoms with Crippen LogP contribution in [-0.2, 0) is 13.0 Å². The summed E-state index contributed by atoms with van der Waals surface area (Å²) in [5.41, 5.74) is 3.49. The molecular weight excluding hydrogens is 360 g/mol. The number of hydrogen-bond donors (Lipinski definition) is 3. The quantitative estimate of drug-likeness (QED) is 0.644. The lowest BCUT2D eigenvalue weighted by molar-refractivity contribution is 0.0364. The van der Waals surface area contributed by atoms with E-state index in [1.54, 1.807) is 0 Å². The Labute approximate surface area is 174 Å². The molecule has 0 bridgehead atoms. The molecule has 2 heterocycles. The monoisotopic (exact) mass is 396 g/mol. The van der Waals surface area contributed by atoms with E-state index in [-0.39, 0.29) is 12.7 Å². The molecule has 2 aromatic rings. The second kappa shape index (κ2) is 8.41. The number of nitrogens with one attached hydrogen (secondary N) is 1. The van der Waals surface area contributed by atoms with Crippen LogP contribution in [0.5, 0.6) is 0 Å². The maximum absolute atomic E-state index is 10.9. The van der Waals surface area contributed by atoms with Crippen LogP contribution in [0.1, 0.15) is 56.1 Å². The number of likely N-dealkylation sites (tertiary alicyclic amines) is 1. The average molecular weight is 397 g/mol. The van der Waals surface area contributed by atoms with Crippen molar-refractivity contribution in [1.82, 2.24) is 9.88 Å². The molecule has 4 nitrogen and oxygen atoms in total. The first-order chi connectivity index (χ1) is 14.3. The Morgan fingerprint density at radius 1 is 0.966 bits per heavy atom. The topological polar surface area (TPSA) is 59.5 Å². The number of unbranched alkanes of at least 4 members (excludes halogenated alkanes) is 1. The molecule has 0 amide bonds. The maximum atomic E-state index is 10.9. The van der Waals surface area contributed by atoms with Crippen molar-refractivity contribution in [1.29, 1.82) is 0 Å². The Balaban J connectivity index is 1.14. The fourth-order valence-electron chi connectivity index (χ4n) is 6.94. The Bertz CT molecular complexity index is 831. The van der Waals surface area contributed by atoms with Crippen LogP contribution in [0.3, 0.4) is 0 Å².